The number of piperidine rings is 1. The Morgan fingerprint density at radius 3 is 3.00 bits per heavy atom. The number of sulfonamides is 1. The van der Waals surface area contributed by atoms with Crippen molar-refractivity contribution in [3.8, 4) is 0 Å². The van der Waals surface area contributed by atoms with Gasteiger partial charge in [-0.25, -0.2) is 18.1 Å². The average Bonchev–Trinajstić information content (AvgIpc) is 2.30. The topological polar surface area (TPSA) is 71.1 Å². The number of aromatic nitrogens is 1. The third kappa shape index (κ3) is 3.16. The van der Waals surface area contributed by atoms with Gasteiger partial charge in [0, 0.05) is 18.8 Å². The van der Waals surface area contributed by atoms with Crippen molar-refractivity contribution >= 4 is 21.6 Å². The zero-order valence-corrected chi connectivity index (χ0v) is 10.8. The van der Waals surface area contributed by atoms with E-state index in [-0.39, 0.29) is 16.1 Å². The summed E-state index contributed by atoms with van der Waals surface area (Å²) in [5.41, 5.74) is 0. The van der Waals surface area contributed by atoms with E-state index in [2.05, 4.69) is 15.0 Å². The van der Waals surface area contributed by atoms with Crippen LogP contribution in [0.4, 0.5) is 0 Å². The van der Waals surface area contributed by atoms with Gasteiger partial charge in [0.05, 0.1) is 5.02 Å². The molecule has 0 aromatic carbocycles. The van der Waals surface area contributed by atoms with Crippen LogP contribution in [0.1, 0.15) is 12.8 Å². The molecule has 2 rings (SSSR count). The van der Waals surface area contributed by atoms with Crippen LogP contribution in [-0.4, -0.2) is 32.5 Å². The van der Waals surface area contributed by atoms with E-state index in [1.54, 1.807) is 6.07 Å². The Kier molecular flexibility index (Phi) is 3.98. The van der Waals surface area contributed by atoms with Gasteiger partial charge in [-0.15, -0.1) is 0 Å². The molecule has 17 heavy (non-hydrogen) atoms. The maximum absolute atomic E-state index is 12.0. The largest absolute Gasteiger partial charge is 0.315 e. The first-order chi connectivity index (χ1) is 8.09. The number of nitrogens with zero attached hydrogens (tertiary/aromatic N) is 1. The zero-order chi connectivity index (χ0) is 12.3. The molecular formula is C10H14ClN3O2S. The lowest BCUT2D eigenvalue weighted by Crippen LogP contribution is -2.45. The highest BCUT2D eigenvalue weighted by atomic mass is 35.5. The molecule has 5 nitrogen and oxygen atoms in total. The van der Waals surface area contributed by atoms with Gasteiger partial charge < -0.3 is 5.32 Å². The maximum Gasteiger partial charge on any atom is 0.259 e. The molecule has 0 aliphatic carbocycles. The molecule has 1 saturated heterocycles. The lowest BCUT2D eigenvalue weighted by Gasteiger charge is -2.23. The molecule has 1 aromatic rings. The smallest absolute Gasteiger partial charge is 0.259 e. The number of halogens is 1. The third-order valence-electron chi connectivity index (χ3n) is 2.60. The molecule has 0 unspecified atom stereocenters. The number of nitrogens with one attached hydrogen (secondary N) is 2. The molecule has 2 N–H and O–H groups in total. The van der Waals surface area contributed by atoms with Crippen LogP contribution >= 0.6 is 11.6 Å². The zero-order valence-electron chi connectivity index (χ0n) is 9.19. The number of hydrogen-bond donors (Lipinski definition) is 2. The van der Waals surface area contributed by atoms with E-state index < -0.39 is 10.0 Å². The van der Waals surface area contributed by atoms with Crippen molar-refractivity contribution in [2.45, 2.75) is 23.9 Å². The molecule has 0 saturated carbocycles. The predicted octanol–water partition coefficient (Wildman–Crippen LogP) is 0.765. The summed E-state index contributed by atoms with van der Waals surface area (Å²) in [6.07, 6.45) is 3.21. The molecule has 1 aliphatic rings. The fourth-order valence-electron chi connectivity index (χ4n) is 1.80. The standard InChI is InChI=1S/C10H14ClN3O2S/c11-9-4-2-6-13-10(9)17(15,16)14-8-3-1-5-12-7-8/h2,4,6,8,12,14H,1,3,5,7H2/t8-/m0/s1. The Morgan fingerprint density at radius 2 is 2.35 bits per heavy atom. The Morgan fingerprint density at radius 1 is 1.53 bits per heavy atom. The first-order valence-electron chi connectivity index (χ1n) is 5.43. The first kappa shape index (κ1) is 12.8. The van der Waals surface area contributed by atoms with Gasteiger partial charge in [-0.2, -0.15) is 0 Å². The molecule has 7 heteroatoms. The molecule has 1 fully saturated rings. The summed E-state index contributed by atoms with van der Waals surface area (Å²) in [6, 6.07) is 3.03. The Labute approximate surface area is 106 Å². The van der Waals surface area contributed by atoms with Gasteiger partial charge in [0.2, 0.25) is 0 Å². The van der Waals surface area contributed by atoms with E-state index in [1.165, 1.54) is 12.3 Å². The van der Waals surface area contributed by atoms with Crippen LogP contribution < -0.4 is 10.0 Å². The van der Waals surface area contributed by atoms with Gasteiger partial charge in [0.15, 0.2) is 5.03 Å². The van der Waals surface area contributed by atoms with Gasteiger partial charge in [0.1, 0.15) is 0 Å². The minimum Gasteiger partial charge on any atom is -0.315 e. The number of pyridine rings is 1. The van der Waals surface area contributed by atoms with Crippen LogP contribution in [0.15, 0.2) is 23.4 Å². The van der Waals surface area contributed by atoms with Crippen LogP contribution in [0.5, 0.6) is 0 Å². The molecule has 0 radical (unpaired) electrons. The van der Waals surface area contributed by atoms with Crippen LogP contribution in [0.2, 0.25) is 5.02 Å². The molecule has 0 bridgehead atoms. The van der Waals surface area contributed by atoms with Gasteiger partial charge in [-0.05, 0) is 31.5 Å². The van der Waals surface area contributed by atoms with Crippen molar-refractivity contribution in [2.24, 2.45) is 0 Å². The SMILES string of the molecule is O=S(=O)(N[C@H]1CCCNC1)c1ncccc1Cl. The van der Waals surface area contributed by atoms with E-state index in [4.69, 9.17) is 11.6 Å². The van der Waals surface area contributed by atoms with Crippen molar-refractivity contribution < 1.29 is 8.42 Å². The van der Waals surface area contributed by atoms with E-state index in [0.29, 0.717) is 6.54 Å². The van der Waals surface area contributed by atoms with Crippen molar-refractivity contribution in [3.05, 3.63) is 23.4 Å². The predicted molar refractivity (Wildman–Crippen MR) is 65.5 cm³/mol. The molecular weight excluding hydrogens is 262 g/mol. The second-order valence-electron chi connectivity index (χ2n) is 3.95. The molecule has 94 valence electrons. The van der Waals surface area contributed by atoms with Crippen LogP contribution in [-0.2, 0) is 10.0 Å². The fourth-order valence-corrected chi connectivity index (χ4v) is 3.50. The number of hydrogen-bond acceptors (Lipinski definition) is 4. The molecule has 1 atom stereocenters. The lowest BCUT2D eigenvalue weighted by molar-refractivity contribution is 0.428. The third-order valence-corrected chi connectivity index (χ3v) is 4.49. The minimum atomic E-state index is -3.62. The second-order valence-corrected chi connectivity index (χ2v) is 5.99. The summed E-state index contributed by atoms with van der Waals surface area (Å²) < 4.78 is 26.7. The van der Waals surface area contributed by atoms with Gasteiger partial charge in [-0.1, -0.05) is 11.6 Å². The molecule has 2 heterocycles. The monoisotopic (exact) mass is 275 g/mol. The summed E-state index contributed by atoms with van der Waals surface area (Å²) in [7, 11) is -3.62. The minimum absolute atomic E-state index is 0.0909. The highest BCUT2D eigenvalue weighted by Gasteiger charge is 2.24. The molecule has 1 aromatic heterocycles. The van der Waals surface area contributed by atoms with Crippen LogP contribution in [0, 0.1) is 0 Å². The van der Waals surface area contributed by atoms with Gasteiger partial charge in [0.25, 0.3) is 10.0 Å². The first-order valence-corrected chi connectivity index (χ1v) is 7.29. The summed E-state index contributed by atoms with van der Waals surface area (Å²) in [5.74, 6) is 0. The summed E-state index contributed by atoms with van der Waals surface area (Å²) in [6.45, 7) is 1.58. The van der Waals surface area contributed by atoms with Crippen molar-refractivity contribution in [1.82, 2.24) is 15.0 Å². The summed E-state index contributed by atoms with van der Waals surface area (Å²) >= 11 is 5.83. The Hall–Kier alpha value is -0.690. The fraction of sp³-hybridized carbons (Fsp3) is 0.500. The van der Waals surface area contributed by atoms with E-state index in [1.807, 2.05) is 0 Å². The van der Waals surface area contributed by atoms with Crippen molar-refractivity contribution in [3.63, 3.8) is 0 Å². The normalized spacial score (nSPS) is 21.4. The van der Waals surface area contributed by atoms with Gasteiger partial charge >= 0.3 is 0 Å². The van der Waals surface area contributed by atoms with Gasteiger partial charge in [-0.3, -0.25) is 0 Å². The molecule has 1 aliphatic heterocycles. The Bertz CT molecular complexity index is 486. The van der Waals surface area contributed by atoms with Crippen molar-refractivity contribution in [2.75, 3.05) is 13.1 Å². The summed E-state index contributed by atoms with van der Waals surface area (Å²) in [4.78, 5) is 3.81. The average molecular weight is 276 g/mol. The molecule has 0 spiro atoms. The van der Waals surface area contributed by atoms with Crippen LogP contribution in [0.25, 0.3) is 0 Å². The Balaban J connectivity index is 2.16. The highest BCUT2D eigenvalue weighted by molar-refractivity contribution is 7.89. The maximum atomic E-state index is 12.0. The molecule has 0 amide bonds. The van der Waals surface area contributed by atoms with E-state index >= 15 is 0 Å². The van der Waals surface area contributed by atoms with Crippen molar-refractivity contribution in [1.29, 1.82) is 0 Å². The van der Waals surface area contributed by atoms with Crippen LogP contribution in [0.3, 0.4) is 0 Å². The number of rotatable bonds is 3. The van der Waals surface area contributed by atoms with E-state index in [0.717, 1.165) is 19.4 Å². The second kappa shape index (κ2) is 5.30. The van der Waals surface area contributed by atoms with E-state index in [9.17, 15) is 8.42 Å². The summed E-state index contributed by atoms with van der Waals surface area (Å²) in [5, 5.41) is 3.18. The highest BCUT2D eigenvalue weighted by Crippen LogP contribution is 2.18. The quantitative estimate of drug-likeness (QED) is 0.855. The lowest BCUT2D eigenvalue weighted by atomic mass is 10.1.